The van der Waals surface area contributed by atoms with E-state index in [4.69, 9.17) is 0 Å². The summed E-state index contributed by atoms with van der Waals surface area (Å²) in [4.78, 5) is 6.60. The van der Waals surface area contributed by atoms with Crippen molar-refractivity contribution in [2.75, 3.05) is 20.1 Å². The van der Waals surface area contributed by atoms with E-state index in [1.54, 1.807) is 6.33 Å². The van der Waals surface area contributed by atoms with Crippen LogP contribution in [0.3, 0.4) is 0 Å². The fourth-order valence-corrected chi connectivity index (χ4v) is 1.65. The molecule has 2 heterocycles. The van der Waals surface area contributed by atoms with E-state index in [9.17, 15) is 0 Å². The van der Waals surface area contributed by atoms with Gasteiger partial charge in [0.15, 0.2) is 5.82 Å². The Labute approximate surface area is 84.2 Å². The zero-order chi connectivity index (χ0) is 9.97. The molecule has 0 saturated carbocycles. The fourth-order valence-electron chi connectivity index (χ4n) is 1.65. The van der Waals surface area contributed by atoms with Gasteiger partial charge in [0.1, 0.15) is 6.33 Å². The lowest BCUT2D eigenvalue weighted by Gasteiger charge is -2.21. The largest absolute Gasteiger partial charge is 0.302 e. The van der Waals surface area contributed by atoms with E-state index >= 15 is 0 Å². The third-order valence-corrected chi connectivity index (χ3v) is 2.49. The van der Waals surface area contributed by atoms with Gasteiger partial charge in [-0.2, -0.15) is 5.10 Å². The van der Waals surface area contributed by atoms with Gasteiger partial charge >= 0.3 is 0 Å². The summed E-state index contributed by atoms with van der Waals surface area (Å²) in [5.41, 5.74) is 1.26. The molecule has 0 aliphatic carbocycles. The first-order valence-electron chi connectivity index (χ1n) is 5.07. The van der Waals surface area contributed by atoms with Crippen LogP contribution in [0.1, 0.15) is 19.2 Å². The lowest BCUT2D eigenvalue weighted by atomic mass is 10.1. The summed E-state index contributed by atoms with van der Waals surface area (Å²) >= 11 is 0. The van der Waals surface area contributed by atoms with Crippen LogP contribution in [0.2, 0.25) is 0 Å². The summed E-state index contributed by atoms with van der Waals surface area (Å²) in [5, 5.41) is 4.40. The van der Waals surface area contributed by atoms with Crippen LogP contribution >= 0.6 is 0 Å². The molecular formula is C10H16N4. The van der Waals surface area contributed by atoms with Crippen LogP contribution < -0.4 is 0 Å². The third-order valence-electron chi connectivity index (χ3n) is 2.49. The van der Waals surface area contributed by atoms with Crippen LogP contribution in [0, 0.1) is 0 Å². The van der Waals surface area contributed by atoms with Gasteiger partial charge < -0.3 is 4.90 Å². The molecule has 0 atom stereocenters. The molecule has 1 aliphatic heterocycles. The molecule has 4 nitrogen and oxygen atoms in total. The Morgan fingerprint density at radius 2 is 2.36 bits per heavy atom. The van der Waals surface area contributed by atoms with Gasteiger partial charge in [0, 0.05) is 25.2 Å². The minimum atomic E-state index is 0.885. The number of hydrogen-bond donors (Lipinski definition) is 0. The van der Waals surface area contributed by atoms with Crippen molar-refractivity contribution in [3.8, 4) is 0 Å². The van der Waals surface area contributed by atoms with Crippen molar-refractivity contribution in [3.05, 3.63) is 18.2 Å². The second kappa shape index (κ2) is 3.92. The molecule has 0 radical (unpaired) electrons. The molecule has 0 amide bonds. The first-order valence-corrected chi connectivity index (χ1v) is 5.07. The third kappa shape index (κ3) is 1.85. The highest BCUT2D eigenvalue weighted by atomic mass is 15.3. The minimum Gasteiger partial charge on any atom is -0.302 e. The summed E-state index contributed by atoms with van der Waals surface area (Å²) in [6.45, 7) is 5.06. The SMILES string of the molecule is CCn1cnc(C2=CCCN(C)C2)n1. The van der Waals surface area contributed by atoms with E-state index in [-0.39, 0.29) is 0 Å². The molecule has 76 valence electrons. The molecule has 2 rings (SSSR count). The van der Waals surface area contributed by atoms with Gasteiger partial charge in [-0.1, -0.05) is 6.08 Å². The zero-order valence-corrected chi connectivity index (χ0v) is 8.77. The maximum absolute atomic E-state index is 4.40. The van der Waals surface area contributed by atoms with E-state index in [1.807, 2.05) is 4.68 Å². The predicted octanol–water partition coefficient (Wildman–Crippen LogP) is 1.02. The molecule has 0 spiro atoms. The maximum Gasteiger partial charge on any atom is 0.178 e. The van der Waals surface area contributed by atoms with Crippen molar-refractivity contribution in [1.82, 2.24) is 19.7 Å². The first kappa shape index (κ1) is 9.40. The van der Waals surface area contributed by atoms with Gasteiger partial charge in [0.05, 0.1) is 0 Å². The quantitative estimate of drug-likeness (QED) is 0.701. The second-order valence-electron chi connectivity index (χ2n) is 3.68. The first-order chi connectivity index (χ1) is 6.79. The predicted molar refractivity (Wildman–Crippen MR) is 55.8 cm³/mol. The van der Waals surface area contributed by atoms with E-state index in [0.717, 1.165) is 31.9 Å². The van der Waals surface area contributed by atoms with Crippen molar-refractivity contribution in [2.24, 2.45) is 0 Å². The van der Waals surface area contributed by atoms with Gasteiger partial charge in [-0.25, -0.2) is 4.98 Å². The van der Waals surface area contributed by atoms with Gasteiger partial charge in [-0.15, -0.1) is 0 Å². The van der Waals surface area contributed by atoms with E-state index in [1.165, 1.54) is 5.57 Å². The van der Waals surface area contributed by atoms with E-state index in [0.29, 0.717) is 0 Å². The molecule has 14 heavy (non-hydrogen) atoms. The molecule has 1 aromatic heterocycles. The lowest BCUT2D eigenvalue weighted by Crippen LogP contribution is -2.25. The highest BCUT2D eigenvalue weighted by molar-refractivity contribution is 5.61. The van der Waals surface area contributed by atoms with Crippen molar-refractivity contribution in [2.45, 2.75) is 19.9 Å². The Bertz CT molecular complexity index is 340. The molecule has 1 aliphatic rings. The average molecular weight is 192 g/mol. The summed E-state index contributed by atoms with van der Waals surface area (Å²) in [7, 11) is 2.13. The van der Waals surface area contributed by atoms with E-state index in [2.05, 4.69) is 35.0 Å². The van der Waals surface area contributed by atoms with Crippen LogP contribution in [0.4, 0.5) is 0 Å². The van der Waals surface area contributed by atoms with Crippen LogP contribution in [0.15, 0.2) is 12.4 Å². The van der Waals surface area contributed by atoms with Gasteiger partial charge in [-0.3, -0.25) is 4.68 Å². The summed E-state index contributed by atoms with van der Waals surface area (Å²) in [6.07, 6.45) is 5.15. The standard InChI is InChI=1S/C10H16N4/c1-3-14-8-11-10(12-14)9-5-4-6-13(2)7-9/h5,8H,3-4,6-7H2,1-2H3. The highest BCUT2D eigenvalue weighted by Crippen LogP contribution is 2.15. The molecule has 0 saturated heterocycles. The Morgan fingerprint density at radius 3 is 3.00 bits per heavy atom. The lowest BCUT2D eigenvalue weighted by molar-refractivity contribution is 0.372. The zero-order valence-electron chi connectivity index (χ0n) is 8.77. The van der Waals surface area contributed by atoms with Crippen molar-refractivity contribution in [3.63, 3.8) is 0 Å². The molecule has 0 N–H and O–H groups in total. The fraction of sp³-hybridized carbons (Fsp3) is 0.600. The molecular weight excluding hydrogens is 176 g/mol. The number of nitrogens with zero attached hydrogens (tertiary/aromatic N) is 4. The number of likely N-dealkylation sites (N-methyl/N-ethyl adjacent to an activating group) is 1. The number of aromatic nitrogens is 3. The smallest absolute Gasteiger partial charge is 0.178 e. The average Bonchev–Trinajstić information content (AvgIpc) is 2.66. The van der Waals surface area contributed by atoms with Gasteiger partial charge in [0.25, 0.3) is 0 Å². The summed E-state index contributed by atoms with van der Waals surface area (Å²) in [6, 6.07) is 0. The van der Waals surface area contributed by atoms with Gasteiger partial charge in [0.2, 0.25) is 0 Å². The van der Waals surface area contributed by atoms with Crippen molar-refractivity contribution in [1.29, 1.82) is 0 Å². The molecule has 0 aromatic carbocycles. The highest BCUT2D eigenvalue weighted by Gasteiger charge is 2.13. The number of rotatable bonds is 2. The van der Waals surface area contributed by atoms with Gasteiger partial charge in [-0.05, 0) is 20.4 Å². The van der Waals surface area contributed by atoms with Crippen molar-refractivity contribution < 1.29 is 0 Å². The topological polar surface area (TPSA) is 34.0 Å². The Kier molecular flexibility index (Phi) is 2.63. The van der Waals surface area contributed by atoms with Crippen LogP contribution in [-0.2, 0) is 6.54 Å². The van der Waals surface area contributed by atoms with E-state index < -0.39 is 0 Å². The molecule has 1 aromatic rings. The molecule has 0 bridgehead atoms. The second-order valence-corrected chi connectivity index (χ2v) is 3.68. The Hall–Kier alpha value is -1.16. The maximum atomic E-state index is 4.40. The summed E-state index contributed by atoms with van der Waals surface area (Å²) in [5.74, 6) is 0.887. The Morgan fingerprint density at radius 1 is 1.50 bits per heavy atom. The van der Waals surface area contributed by atoms with Crippen LogP contribution in [0.25, 0.3) is 5.57 Å². The van der Waals surface area contributed by atoms with Crippen LogP contribution in [0.5, 0.6) is 0 Å². The monoisotopic (exact) mass is 192 g/mol. The normalized spacial score (nSPS) is 18.3. The number of aryl methyl sites for hydroxylation is 1. The van der Waals surface area contributed by atoms with Crippen LogP contribution in [-0.4, -0.2) is 39.8 Å². The molecule has 4 heteroatoms. The Balaban J connectivity index is 2.18. The molecule has 0 fully saturated rings. The summed E-state index contributed by atoms with van der Waals surface area (Å²) < 4.78 is 1.87. The molecule has 0 unspecified atom stereocenters. The minimum absolute atomic E-state index is 0.885. The number of hydrogen-bond acceptors (Lipinski definition) is 3. The van der Waals surface area contributed by atoms with Crippen molar-refractivity contribution >= 4 is 5.57 Å².